The van der Waals surface area contributed by atoms with Gasteiger partial charge >= 0.3 is 0 Å². The van der Waals surface area contributed by atoms with E-state index in [9.17, 15) is 0 Å². The minimum Gasteiger partial charge on any atom is -0.497 e. The first-order chi connectivity index (χ1) is 14.3. The summed E-state index contributed by atoms with van der Waals surface area (Å²) in [7, 11) is 1.65. The van der Waals surface area contributed by atoms with Crippen LogP contribution in [0.4, 0.5) is 0 Å². The average molecular weight is 386 g/mol. The molecule has 2 aromatic carbocycles. The minimum atomic E-state index is 0.259. The number of benzene rings is 2. The highest BCUT2D eigenvalue weighted by Crippen LogP contribution is 2.30. The number of fused-ring (bicyclic) bond motifs is 1. The van der Waals surface area contributed by atoms with Crippen LogP contribution in [0.2, 0.25) is 0 Å². The summed E-state index contributed by atoms with van der Waals surface area (Å²) >= 11 is 0. The van der Waals surface area contributed by atoms with E-state index >= 15 is 0 Å². The topological polar surface area (TPSA) is 64.3 Å². The number of likely N-dealkylation sites (tertiary alicyclic amines) is 1. The van der Waals surface area contributed by atoms with E-state index in [-0.39, 0.29) is 5.92 Å². The molecule has 6 heteroatoms. The molecule has 1 aliphatic heterocycles. The highest BCUT2D eigenvalue weighted by molar-refractivity contribution is 5.81. The highest BCUT2D eigenvalue weighted by atomic mass is 16.5. The van der Waals surface area contributed by atoms with Crippen molar-refractivity contribution in [1.29, 1.82) is 0 Å². The van der Waals surface area contributed by atoms with Gasteiger partial charge in [0.05, 0.1) is 18.5 Å². The molecular formula is C23H22N4O2. The Hall–Kier alpha value is -3.25. The molecule has 0 unspecified atom stereocenters. The van der Waals surface area contributed by atoms with Crippen molar-refractivity contribution in [2.24, 2.45) is 0 Å². The summed E-state index contributed by atoms with van der Waals surface area (Å²) in [5.41, 5.74) is 3.25. The predicted octanol–water partition coefficient (Wildman–Crippen LogP) is 4.28. The van der Waals surface area contributed by atoms with Crippen LogP contribution < -0.4 is 4.74 Å². The van der Waals surface area contributed by atoms with Gasteiger partial charge in [-0.1, -0.05) is 35.5 Å². The van der Waals surface area contributed by atoms with Crippen LogP contribution in [0.3, 0.4) is 0 Å². The van der Waals surface area contributed by atoms with E-state index in [0.717, 1.165) is 42.9 Å². The molecule has 146 valence electrons. The molecule has 1 fully saturated rings. The fourth-order valence-electron chi connectivity index (χ4n) is 3.99. The van der Waals surface area contributed by atoms with Gasteiger partial charge in [0, 0.05) is 30.2 Å². The number of ether oxygens (including phenoxy) is 1. The first kappa shape index (κ1) is 17.8. The van der Waals surface area contributed by atoms with Gasteiger partial charge in [0.25, 0.3) is 0 Å². The molecule has 0 amide bonds. The van der Waals surface area contributed by atoms with Crippen LogP contribution in [0.5, 0.6) is 5.75 Å². The van der Waals surface area contributed by atoms with Crippen molar-refractivity contribution in [3.05, 3.63) is 72.2 Å². The van der Waals surface area contributed by atoms with Gasteiger partial charge in [0.2, 0.25) is 11.7 Å². The Morgan fingerprint density at radius 3 is 3.00 bits per heavy atom. The van der Waals surface area contributed by atoms with Gasteiger partial charge in [0.1, 0.15) is 5.75 Å². The molecule has 1 atom stereocenters. The molecule has 3 heterocycles. The largest absolute Gasteiger partial charge is 0.497 e. The minimum absolute atomic E-state index is 0.259. The number of para-hydroxylation sites is 1. The molecule has 5 rings (SSSR count). The van der Waals surface area contributed by atoms with E-state index in [2.05, 4.69) is 44.3 Å². The van der Waals surface area contributed by atoms with Gasteiger partial charge in [-0.2, -0.15) is 4.98 Å². The van der Waals surface area contributed by atoms with E-state index in [1.54, 1.807) is 7.11 Å². The Bertz CT molecular complexity index is 1140. The van der Waals surface area contributed by atoms with Gasteiger partial charge < -0.3 is 9.26 Å². The maximum Gasteiger partial charge on any atom is 0.231 e. The van der Waals surface area contributed by atoms with Crippen LogP contribution >= 0.6 is 0 Å². The average Bonchev–Trinajstić information content (AvgIpc) is 3.44. The van der Waals surface area contributed by atoms with E-state index in [4.69, 9.17) is 9.26 Å². The van der Waals surface area contributed by atoms with Gasteiger partial charge in [-0.25, -0.2) is 0 Å². The molecule has 1 saturated heterocycles. The van der Waals surface area contributed by atoms with Crippen LogP contribution in [-0.2, 0) is 6.54 Å². The van der Waals surface area contributed by atoms with E-state index in [1.165, 1.54) is 10.9 Å². The summed E-state index contributed by atoms with van der Waals surface area (Å²) < 4.78 is 10.9. The summed E-state index contributed by atoms with van der Waals surface area (Å²) in [6.45, 7) is 2.82. The second-order valence-corrected chi connectivity index (χ2v) is 7.40. The number of methoxy groups -OCH3 is 1. The number of nitrogens with zero attached hydrogens (tertiary/aromatic N) is 4. The number of hydrogen-bond donors (Lipinski definition) is 0. The summed E-state index contributed by atoms with van der Waals surface area (Å²) in [5, 5.41) is 5.41. The van der Waals surface area contributed by atoms with Gasteiger partial charge in [-0.05, 0) is 42.8 Å². The Labute approximate surface area is 169 Å². The molecule has 0 bridgehead atoms. The molecule has 4 aromatic rings. The lowest BCUT2D eigenvalue weighted by Crippen LogP contribution is -2.20. The fraction of sp³-hybridized carbons (Fsp3) is 0.261. The number of pyridine rings is 1. The Morgan fingerprint density at radius 1 is 1.14 bits per heavy atom. The zero-order chi connectivity index (χ0) is 19.6. The van der Waals surface area contributed by atoms with Gasteiger partial charge in [-0.15, -0.1) is 0 Å². The van der Waals surface area contributed by atoms with E-state index in [0.29, 0.717) is 11.7 Å². The summed E-state index contributed by atoms with van der Waals surface area (Å²) in [6, 6.07) is 18.1. The van der Waals surface area contributed by atoms with Crippen molar-refractivity contribution in [2.75, 3.05) is 20.2 Å². The maximum atomic E-state index is 5.61. The van der Waals surface area contributed by atoms with E-state index in [1.807, 2.05) is 36.5 Å². The summed E-state index contributed by atoms with van der Waals surface area (Å²) in [6.07, 6.45) is 2.91. The number of rotatable bonds is 5. The molecule has 6 nitrogen and oxygen atoms in total. The molecule has 2 aromatic heterocycles. The Kier molecular flexibility index (Phi) is 4.69. The van der Waals surface area contributed by atoms with Crippen LogP contribution in [-0.4, -0.2) is 40.2 Å². The quantitative estimate of drug-likeness (QED) is 0.510. The zero-order valence-corrected chi connectivity index (χ0v) is 16.3. The zero-order valence-electron chi connectivity index (χ0n) is 16.3. The van der Waals surface area contributed by atoms with Crippen molar-refractivity contribution in [3.8, 4) is 17.1 Å². The maximum absolute atomic E-state index is 5.61. The molecule has 0 radical (unpaired) electrons. The summed E-state index contributed by atoms with van der Waals surface area (Å²) in [5.74, 6) is 2.36. The third-order valence-electron chi connectivity index (χ3n) is 5.52. The molecular weight excluding hydrogens is 364 g/mol. The van der Waals surface area contributed by atoms with Crippen molar-refractivity contribution >= 4 is 10.9 Å². The van der Waals surface area contributed by atoms with Crippen molar-refractivity contribution in [3.63, 3.8) is 0 Å². The van der Waals surface area contributed by atoms with Crippen LogP contribution in [0.1, 0.15) is 23.8 Å². The molecule has 1 aliphatic rings. The molecule has 0 aliphatic carbocycles. The fourth-order valence-corrected chi connectivity index (χ4v) is 3.99. The highest BCUT2D eigenvalue weighted by Gasteiger charge is 2.28. The van der Waals surface area contributed by atoms with Crippen molar-refractivity contribution in [1.82, 2.24) is 20.0 Å². The second kappa shape index (κ2) is 7.64. The molecule has 0 N–H and O–H groups in total. The summed E-state index contributed by atoms with van der Waals surface area (Å²) in [4.78, 5) is 11.6. The lowest BCUT2D eigenvalue weighted by molar-refractivity contribution is 0.310. The SMILES string of the molecule is COc1cccc(-c2noc([C@H]3CCN(Cc4ccnc5ccccc45)C3)n2)c1. The molecule has 0 saturated carbocycles. The number of hydrogen-bond acceptors (Lipinski definition) is 6. The van der Waals surface area contributed by atoms with Gasteiger partial charge in [-0.3, -0.25) is 9.88 Å². The third-order valence-corrected chi connectivity index (χ3v) is 5.52. The Balaban J connectivity index is 1.30. The van der Waals surface area contributed by atoms with Crippen LogP contribution in [0.25, 0.3) is 22.3 Å². The number of aromatic nitrogens is 3. The monoisotopic (exact) mass is 386 g/mol. The lowest BCUT2D eigenvalue weighted by atomic mass is 10.1. The Morgan fingerprint density at radius 2 is 2.07 bits per heavy atom. The second-order valence-electron chi connectivity index (χ2n) is 7.40. The standard InChI is InChI=1S/C23H22N4O2/c1-28-19-6-4-5-16(13-19)22-25-23(29-26-22)18-10-12-27(15-18)14-17-9-11-24-21-8-3-2-7-20(17)21/h2-9,11,13,18H,10,12,14-15H2,1H3/t18-/m0/s1. The van der Waals surface area contributed by atoms with Crippen LogP contribution in [0, 0.1) is 0 Å². The van der Waals surface area contributed by atoms with Crippen molar-refractivity contribution in [2.45, 2.75) is 18.9 Å². The van der Waals surface area contributed by atoms with Crippen molar-refractivity contribution < 1.29 is 9.26 Å². The first-order valence-electron chi connectivity index (χ1n) is 9.83. The smallest absolute Gasteiger partial charge is 0.231 e. The third kappa shape index (κ3) is 3.59. The first-order valence-corrected chi connectivity index (χ1v) is 9.83. The van der Waals surface area contributed by atoms with Gasteiger partial charge in [0.15, 0.2) is 0 Å². The molecule has 0 spiro atoms. The predicted molar refractivity (Wildman–Crippen MR) is 111 cm³/mol. The van der Waals surface area contributed by atoms with E-state index < -0.39 is 0 Å². The molecule has 29 heavy (non-hydrogen) atoms. The van der Waals surface area contributed by atoms with Crippen LogP contribution in [0.15, 0.2) is 65.3 Å². The lowest BCUT2D eigenvalue weighted by Gasteiger charge is -2.16. The normalized spacial score (nSPS) is 17.1.